The van der Waals surface area contributed by atoms with Crippen LogP contribution in [-0.2, 0) is 11.2 Å². The van der Waals surface area contributed by atoms with E-state index in [2.05, 4.69) is 20.7 Å². The molecule has 2 amide bonds. The van der Waals surface area contributed by atoms with Gasteiger partial charge >= 0.3 is 0 Å². The van der Waals surface area contributed by atoms with Crippen LogP contribution in [0.2, 0.25) is 0 Å². The van der Waals surface area contributed by atoms with Gasteiger partial charge in [0, 0.05) is 25.6 Å². The maximum absolute atomic E-state index is 13.3. The van der Waals surface area contributed by atoms with Crippen LogP contribution in [0.25, 0.3) is 0 Å². The van der Waals surface area contributed by atoms with Crippen LogP contribution in [0.4, 0.5) is 4.39 Å². The predicted molar refractivity (Wildman–Crippen MR) is 95.2 cm³/mol. The van der Waals surface area contributed by atoms with E-state index in [-0.39, 0.29) is 41.2 Å². The van der Waals surface area contributed by atoms with Crippen molar-refractivity contribution in [2.75, 3.05) is 13.1 Å². The van der Waals surface area contributed by atoms with Gasteiger partial charge in [-0.2, -0.15) is 15.4 Å². The van der Waals surface area contributed by atoms with E-state index >= 15 is 0 Å². The summed E-state index contributed by atoms with van der Waals surface area (Å²) in [6, 6.07) is 6.45. The quantitative estimate of drug-likeness (QED) is 0.834. The summed E-state index contributed by atoms with van der Waals surface area (Å²) in [7, 11) is 0. The standard InChI is InChI=1S/C19H22FN5O2/c20-15-3-1-2-12(8-15)4-7-17(26)25-10-13-5-6-14(11-25)18(13)22-19(27)16-9-21-24-23-16/h1-3,8-9,13-14,18H,4-7,10-11H2,(H,22,27)(H,21,23,24). The van der Waals surface area contributed by atoms with Crippen molar-refractivity contribution in [3.63, 3.8) is 0 Å². The Labute approximate surface area is 156 Å². The zero-order valence-electron chi connectivity index (χ0n) is 14.9. The molecule has 0 radical (unpaired) electrons. The van der Waals surface area contributed by atoms with E-state index in [1.807, 2.05) is 11.0 Å². The first-order chi connectivity index (χ1) is 13.1. The summed E-state index contributed by atoms with van der Waals surface area (Å²) in [5, 5.41) is 13.0. The number of carbonyl (C=O) groups is 2. The van der Waals surface area contributed by atoms with Crippen LogP contribution < -0.4 is 5.32 Å². The molecule has 1 aliphatic heterocycles. The first kappa shape index (κ1) is 17.6. The molecule has 8 heteroatoms. The van der Waals surface area contributed by atoms with Gasteiger partial charge < -0.3 is 10.2 Å². The maximum atomic E-state index is 13.3. The highest BCUT2D eigenvalue weighted by molar-refractivity contribution is 5.92. The number of aryl methyl sites for hydroxylation is 1. The molecule has 1 aliphatic carbocycles. The zero-order chi connectivity index (χ0) is 18.8. The predicted octanol–water partition coefficient (Wildman–Crippen LogP) is 1.54. The molecule has 1 saturated carbocycles. The number of likely N-dealkylation sites (tertiary alicyclic amines) is 1. The number of aromatic nitrogens is 3. The van der Waals surface area contributed by atoms with E-state index in [4.69, 9.17) is 0 Å². The van der Waals surface area contributed by atoms with Gasteiger partial charge in [0.2, 0.25) is 5.91 Å². The molecule has 2 aliphatic rings. The van der Waals surface area contributed by atoms with Gasteiger partial charge in [0.05, 0.1) is 6.20 Å². The molecule has 2 unspecified atom stereocenters. The Morgan fingerprint density at radius 3 is 2.70 bits per heavy atom. The minimum atomic E-state index is -0.276. The Hall–Kier alpha value is -2.77. The summed E-state index contributed by atoms with van der Waals surface area (Å²) in [4.78, 5) is 26.8. The third-order valence-corrected chi connectivity index (χ3v) is 5.65. The molecule has 2 atom stereocenters. The second-order valence-electron chi connectivity index (χ2n) is 7.38. The fourth-order valence-corrected chi connectivity index (χ4v) is 4.30. The van der Waals surface area contributed by atoms with Gasteiger partial charge in [-0.1, -0.05) is 12.1 Å². The number of amides is 2. The minimum Gasteiger partial charge on any atom is -0.347 e. The summed E-state index contributed by atoms with van der Waals surface area (Å²) in [6.45, 7) is 1.31. The van der Waals surface area contributed by atoms with E-state index < -0.39 is 0 Å². The summed E-state index contributed by atoms with van der Waals surface area (Å²) >= 11 is 0. The number of halogens is 1. The number of hydrogen-bond donors (Lipinski definition) is 2. The lowest BCUT2D eigenvalue weighted by atomic mass is 9.91. The molecule has 1 saturated heterocycles. The summed E-state index contributed by atoms with van der Waals surface area (Å²) in [6.07, 6.45) is 4.32. The van der Waals surface area contributed by atoms with Crippen LogP contribution in [-0.4, -0.2) is 51.3 Å². The highest BCUT2D eigenvalue weighted by atomic mass is 19.1. The molecular weight excluding hydrogens is 349 g/mol. The third kappa shape index (κ3) is 3.84. The van der Waals surface area contributed by atoms with E-state index in [0.717, 1.165) is 18.4 Å². The van der Waals surface area contributed by atoms with Crippen LogP contribution in [0, 0.1) is 17.7 Å². The average Bonchev–Trinajstić information content (AvgIpc) is 3.26. The van der Waals surface area contributed by atoms with Crippen molar-refractivity contribution in [1.29, 1.82) is 0 Å². The molecule has 7 nitrogen and oxygen atoms in total. The van der Waals surface area contributed by atoms with Gasteiger partial charge in [-0.25, -0.2) is 4.39 Å². The molecular formula is C19H22FN5O2. The Bertz CT molecular complexity index is 811. The van der Waals surface area contributed by atoms with E-state index in [0.29, 0.717) is 25.9 Å². The van der Waals surface area contributed by atoms with Gasteiger partial charge in [0.25, 0.3) is 5.91 Å². The number of nitrogens with one attached hydrogen (secondary N) is 2. The highest BCUT2D eigenvalue weighted by Gasteiger charge is 2.44. The first-order valence-corrected chi connectivity index (χ1v) is 9.29. The molecule has 1 aromatic heterocycles. The number of aromatic amines is 1. The molecule has 2 aromatic rings. The average molecular weight is 371 g/mol. The Balaban J connectivity index is 1.32. The van der Waals surface area contributed by atoms with Gasteiger partial charge in [0.1, 0.15) is 5.82 Å². The third-order valence-electron chi connectivity index (χ3n) is 5.65. The molecule has 2 heterocycles. The smallest absolute Gasteiger partial charge is 0.273 e. The second kappa shape index (κ2) is 7.46. The van der Waals surface area contributed by atoms with Crippen molar-refractivity contribution in [2.24, 2.45) is 11.8 Å². The molecule has 142 valence electrons. The highest BCUT2D eigenvalue weighted by Crippen LogP contribution is 2.37. The number of hydrogen-bond acceptors (Lipinski definition) is 4. The Morgan fingerprint density at radius 2 is 2.04 bits per heavy atom. The number of fused-ring (bicyclic) bond motifs is 2. The maximum Gasteiger partial charge on any atom is 0.273 e. The fraction of sp³-hybridized carbons (Fsp3) is 0.474. The van der Waals surface area contributed by atoms with Crippen molar-refractivity contribution in [2.45, 2.75) is 31.7 Å². The van der Waals surface area contributed by atoms with Crippen LogP contribution in [0.5, 0.6) is 0 Å². The zero-order valence-corrected chi connectivity index (χ0v) is 14.9. The van der Waals surface area contributed by atoms with Crippen molar-refractivity contribution < 1.29 is 14.0 Å². The molecule has 27 heavy (non-hydrogen) atoms. The van der Waals surface area contributed by atoms with Crippen LogP contribution in [0.3, 0.4) is 0 Å². The lowest BCUT2D eigenvalue weighted by Crippen LogP contribution is -2.54. The number of carbonyl (C=O) groups excluding carboxylic acids is 2. The summed E-state index contributed by atoms with van der Waals surface area (Å²) < 4.78 is 13.3. The Kier molecular flexibility index (Phi) is 4.87. The van der Waals surface area contributed by atoms with Gasteiger partial charge in [-0.15, -0.1) is 0 Å². The largest absolute Gasteiger partial charge is 0.347 e. The van der Waals surface area contributed by atoms with Crippen molar-refractivity contribution in [3.8, 4) is 0 Å². The number of H-pyrrole nitrogens is 1. The number of nitrogens with zero attached hydrogens (tertiary/aromatic N) is 3. The number of piperidine rings is 1. The topological polar surface area (TPSA) is 91.0 Å². The van der Waals surface area contributed by atoms with Gasteiger partial charge in [-0.3, -0.25) is 9.59 Å². The first-order valence-electron chi connectivity index (χ1n) is 9.29. The minimum absolute atomic E-state index is 0.0708. The van der Waals surface area contributed by atoms with Crippen LogP contribution >= 0.6 is 0 Å². The molecule has 1 aromatic carbocycles. The molecule has 0 spiro atoms. The summed E-state index contributed by atoms with van der Waals surface area (Å²) in [5.41, 5.74) is 1.11. The fourth-order valence-electron chi connectivity index (χ4n) is 4.30. The van der Waals surface area contributed by atoms with E-state index in [1.165, 1.54) is 18.3 Å². The van der Waals surface area contributed by atoms with Gasteiger partial charge in [0.15, 0.2) is 5.69 Å². The second-order valence-corrected chi connectivity index (χ2v) is 7.38. The number of rotatable bonds is 5. The molecule has 2 fully saturated rings. The molecule has 2 bridgehead atoms. The van der Waals surface area contributed by atoms with Crippen molar-refractivity contribution in [1.82, 2.24) is 25.6 Å². The van der Waals surface area contributed by atoms with E-state index in [1.54, 1.807) is 6.07 Å². The van der Waals surface area contributed by atoms with Crippen molar-refractivity contribution in [3.05, 3.63) is 47.5 Å². The van der Waals surface area contributed by atoms with Crippen LogP contribution in [0.15, 0.2) is 30.5 Å². The monoisotopic (exact) mass is 371 g/mol. The lowest BCUT2D eigenvalue weighted by molar-refractivity contribution is -0.133. The van der Waals surface area contributed by atoms with Crippen molar-refractivity contribution >= 4 is 11.8 Å². The normalized spacial score (nSPS) is 24.0. The summed E-state index contributed by atoms with van der Waals surface area (Å²) in [5.74, 6) is 0.117. The van der Waals surface area contributed by atoms with E-state index in [9.17, 15) is 14.0 Å². The molecule has 2 N–H and O–H groups in total. The molecule has 4 rings (SSSR count). The van der Waals surface area contributed by atoms with Gasteiger partial charge in [-0.05, 0) is 48.8 Å². The van der Waals surface area contributed by atoms with Crippen LogP contribution in [0.1, 0.15) is 35.3 Å². The Morgan fingerprint density at radius 1 is 1.26 bits per heavy atom. The number of benzene rings is 1. The SMILES string of the molecule is O=C(NC1C2CCC1CN(C(=O)CCc1cccc(F)c1)C2)c1cn[nH]n1. The lowest BCUT2D eigenvalue weighted by Gasteiger charge is -2.38.